The van der Waals surface area contributed by atoms with E-state index in [1.54, 1.807) is 12.1 Å². The first-order valence-electron chi connectivity index (χ1n) is 7.11. The van der Waals surface area contributed by atoms with Gasteiger partial charge in [0.25, 0.3) is 0 Å². The van der Waals surface area contributed by atoms with E-state index in [9.17, 15) is 8.42 Å². The zero-order valence-electron chi connectivity index (χ0n) is 12.1. The van der Waals surface area contributed by atoms with Crippen LogP contribution in [0.15, 0.2) is 29.2 Å². The Morgan fingerprint density at radius 2 is 2.15 bits per heavy atom. The molecule has 0 spiro atoms. The summed E-state index contributed by atoms with van der Waals surface area (Å²) in [5.74, 6) is 0. The number of nitrogens with one attached hydrogen (secondary N) is 2. The fourth-order valence-electron chi connectivity index (χ4n) is 2.41. The molecule has 1 aromatic rings. The van der Waals surface area contributed by atoms with E-state index in [-0.39, 0.29) is 0 Å². The minimum Gasteiger partial charge on any atom is -0.368 e. The maximum Gasteiger partial charge on any atom is 0.242 e. The second-order valence-electron chi connectivity index (χ2n) is 5.17. The summed E-state index contributed by atoms with van der Waals surface area (Å²) < 4.78 is 27.4. The molecular formula is C14H23N3O2S. The first kappa shape index (κ1) is 15.3. The number of nitrogens with zero attached hydrogens (tertiary/aromatic N) is 1. The van der Waals surface area contributed by atoms with Crippen molar-refractivity contribution in [3.8, 4) is 0 Å². The van der Waals surface area contributed by atoms with Crippen LogP contribution in [0.5, 0.6) is 0 Å². The van der Waals surface area contributed by atoms with Crippen molar-refractivity contribution in [3.05, 3.63) is 24.3 Å². The molecule has 2 rings (SSSR count). The summed E-state index contributed by atoms with van der Waals surface area (Å²) >= 11 is 0. The van der Waals surface area contributed by atoms with Crippen LogP contribution in [0.3, 0.4) is 0 Å². The van der Waals surface area contributed by atoms with E-state index in [4.69, 9.17) is 0 Å². The SMILES string of the molecule is CCCNS(=O)(=O)c1ccccc1N1CCN[C@@H](C)C1. The lowest BCUT2D eigenvalue weighted by molar-refractivity contribution is 0.482. The summed E-state index contributed by atoms with van der Waals surface area (Å²) in [6.45, 7) is 7.04. The highest BCUT2D eigenvalue weighted by Gasteiger charge is 2.23. The van der Waals surface area contributed by atoms with Gasteiger partial charge in [-0.3, -0.25) is 0 Å². The van der Waals surface area contributed by atoms with Crippen LogP contribution in [0, 0.1) is 0 Å². The summed E-state index contributed by atoms with van der Waals surface area (Å²) in [4.78, 5) is 2.52. The number of sulfonamides is 1. The number of hydrogen-bond donors (Lipinski definition) is 2. The zero-order valence-corrected chi connectivity index (χ0v) is 12.9. The van der Waals surface area contributed by atoms with Gasteiger partial charge in [0.2, 0.25) is 10.0 Å². The van der Waals surface area contributed by atoms with Gasteiger partial charge in [-0.15, -0.1) is 0 Å². The standard InChI is InChI=1S/C14H23N3O2S/c1-3-8-16-20(18,19)14-7-5-4-6-13(14)17-10-9-15-12(2)11-17/h4-7,12,15-16H,3,8-11H2,1-2H3/t12-/m0/s1. The van der Waals surface area contributed by atoms with Crippen LogP contribution in [0.2, 0.25) is 0 Å². The maximum atomic E-state index is 12.4. The van der Waals surface area contributed by atoms with Crippen molar-refractivity contribution in [1.29, 1.82) is 0 Å². The Labute approximate surface area is 121 Å². The minimum atomic E-state index is -3.43. The predicted octanol–water partition coefficient (Wildman–Crippen LogP) is 1.17. The van der Waals surface area contributed by atoms with Gasteiger partial charge in [0, 0.05) is 32.2 Å². The Kier molecular flexibility index (Phi) is 5.01. The number of hydrogen-bond acceptors (Lipinski definition) is 4. The fourth-order valence-corrected chi connectivity index (χ4v) is 3.77. The number of rotatable bonds is 5. The fraction of sp³-hybridized carbons (Fsp3) is 0.571. The highest BCUT2D eigenvalue weighted by Crippen LogP contribution is 2.25. The second-order valence-corrected chi connectivity index (χ2v) is 6.90. The van der Waals surface area contributed by atoms with E-state index in [1.807, 2.05) is 19.1 Å². The van der Waals surface area contributed by atoms with Gasteiger partial charge < -0.3 is 10.2 Å². The third kappa shape index (κ3) is 3.50. The molecule has 1 saturated heterocycles. The molecule has 1 aliphatic heterocycles. The summed E-state index contributed by atoms with van der Waals surface area (Å²) in [5, 5.41) is 3.37. The van der Waals surface area contributed by atoms with E-state index < -0.39 is 10.0 Å². The molecule has 1 fully saturated rings. The molecule has 0 aliphatic carbocycles. The van der Waals surface area contributed by atoms with Crippen LogP contribution in [0.1, 0.15) is 20.3 Å². The van der Waals surface area contributed by atoms with Gasteiger partial charge in [-0.2, -0.15) is 0 Å². The Balaban J connectivity index is 2.30. The van der Waals surface area contributed by atoms with E-state index in [1.165, 1.54) is 0 Å². The molecule has 0 unspecified atom stereocenters. The monoisotopic (exact) mass is 297 g/mol. The van der Waals surface area contributed by atoms with Crippen molar-refractivity contribution >= 4 is 15.7 Å². The molecule has 0 saturated carbocycles. The van der Waals surface area contributed by atoms with Crippen LogP contribution >= 0.6 is 0 Å². The Morgan fingerprint density at radius 3 is 2.85 bits per heavy atom. The Hall–Kier alpha value is -1.11. The first-order valence-corrected chi connectivity index (χ1v) is 8.60. The van der Waals surface area contributed by atoms with Crippen LogP contribution < -0.4 is 14.9 Å². The Bertz CT molecular complexity index is 545. The highest BCUT2D eigenvalue weighted by atomic mass is 32.2. The molecule has 1 aromatic carbocycles. The van der Waals surface area contributed by atoms with Crippen molar-refractivity contribution in [2.24, 2.45) is 0 Å². The third-order valence-corrected chi connectivity index (χ3v) is 4.91. The average molecular weight is 297 g/mol. The Morgan fingerprint density at radius 1 is 1.40 bits per heavy atom. The molecular weight excluding hydrogens is 274 g/mol. The van der Waals surface area contributed by atoms with Gasteiger partial charge in [-0.05, 0) is 25.5 Å². The number of anilines is 1. The first-order chi connectivity index (χ1) is 9.54. The normalized spacial score (nSPS) is 20.1. The van der Waals surface area contributed by atoms with Gasteiger partial charge in [0.15, 0.2) is 0 Å². The van der Waals surface area contributed by atoms with Crippen molar-refractivity contribution < 1.29 is 8.42 Å². The topological polar surface area (TPSA) is 61.4 Å². The van der Waals surface area contributed by atoms with Gasteiger partial charge in [-0.1, -0.05) is 19.1 Å². The summed E-state index contributed by atoms with van der Waals surface area (Å²) in [7, 11) is -3.43. The molecule has 20 heavy (non-hydrogen) atoms. The van der Waals surface area contributed by atoms with Crippen LogP contribution in [0.25, 0.3) is 0 Å². The van der Waals surface area contributed by atoms with E-state index in [0.29, 0.717) is 17.5 Å². The summed E-state index contributed by atoms with van der Waals surface area (Å²) in [6, 6.07) is 7.60. The molecule has 112 valence electrons. The van der Waals surface area contributed by atoms with Crippen LogP contribution in [0.4, 0.5) is 5.69 Å². The largest absolute Gasteiger partial charge is 0.368 e. The lowest BCUT2D eigenvalue weighted by Gasteiger charge is -2.34. The maximum absolute atomic E-state index is 12.4. The average Bonchev–Trinajstić information content (AvgIpc) is 2.45. The number of benzene rings is 1. The highest BCUT2D eigenvalue weighted by molar-refractivity contribution is 7.89. The molecule has 0 aromatic heterocycles. The van der Waals surface area contributed by atoms with Crippen molar-refractivity contribution in [2.75, 3.05) is 31.1 Å². The van der Waals surface area contributed by atoms with E-state index >= 15 is 0 Å². The summed E-state index contributed by atoms with van der Waals surface area (Å²) in [5.41, 5.74) is 0.796. The molecule has 6 heteroatoms. The number of piperazine rings is 1. The second kappa shape index (κ2) is 6.56. The zero-order chi connectivity index (χ0) is 14.6. The lowest BCUT2D eigenvalue weighted by atomic mass is 10.2. The number of para-hydroxylation sites is 1. The smallest absolute Gasteiger partial charge is 0.242 e. The molecule has 0 radical (unpaired) electrons. The minimum absolute atomic E-state index is 0.364. The summed E-state index contributed by atoms with van der Waals surface area (Å²) in [6.07, 6.45) is 0.784. The predicted molar refractivity (Wildman–Crippen MR) is 81.6 cm³/mol. The van der Waals surface area contributed by atoms with Gasteiger partial charge in [0.1, 0.15) is 4.90 Å². The van der Waals surface area contributed by atoms with Crippen molar-refractivity contribution in [3.63, 3.8) is 0 Å². The van der Waals surface area contributed by atoms with E-state index in [2.05, 4.69) is 21.9 Å². The molecule has 0 bridgehead atoms. The van der Waals surface area contributed by atoms with Crippen LogP contribution in [-0.4, -0.2) is 40.6 Å². The van der Waals surface area contributed by atoms with Gasteiger partial charge >= 0.3 is 0 Å². The van der Waals surface area contributed by atoms with Crippen molar-refractivity contribution in [1.82, 2.24) is 10.0 Å². The molecule has 0 amide bonds. The molecule has 1 heterocycles. The molecule has 2 N–H and O–H groups in total. The molecule has 1 atom stereocenters. The quantitative estimate of drug-likeness (QED) is 0.856. The van der Waals surface area contributed by atoms with Gasteiger partial charge in [0.05, 0.1) is 5.69 Å². The van der Waals surface area contributed by atoms with Crippen LogP contribution in [-0.2, 0) is 10.0 Å². The van der Waals surface area contributed by atoms with Crippen molar-refractivity contribution in [2.45, 2.75) is 31.2 Å². The lowest BCUT2D eigenvalue weighted by Crippen LogP contribution is -2.49. The van der Waals surface area contributed by atoms with E-state index in [0.717, 1.165) is 31.7 Å². The third-order valence-electron chi connectivity index (χ3n) is 3.41. The molecule has 5 nitrogen and oxygen atoms in total. The van der Waals surface area contributed by atoms with Gasteiger partial charge in [-0.25, -0.2) is 13.1 Å². The molecule has 1 aliphatic rings.